The zero-order chi connectivity index (χ0) is 19.1. The van der Waals surface area contributed by atoms with Crippen molar-refractivity contribution in [3.05, 3.63) is 40.5 Å². The Morgan fingerprint density at radius 3 is 3.00 bits per heavy atom. The Hall–Kier alpha value is -2.10. The van der Waals surface area contributed by atoms with Gasteiger partial charge in [-0.2, -0.15) is 0 Å². The number of ether oxygens (including phenoxy) is 1. The van der Waals surface area contributed by atoms with E-state index < -0.39 is 0 Å². The molecule has 0 aliphatic rings. The number of hydrogen-bond acceptors (Lipinski definition) is 7. The van der Waals surface area contributed by atoms with Crippen LogP contribution < -0.4 is 5.32 Å². The molecule has 27 heavy (non-hydrogen) atoms. The lowest BCUT2D eigenvalue weighted by atomic mass is 10.2. The van der Waals surface area contributed by atoms with E-state index in [1.54, 1.807) is 24.7 Å². The van der Waals surface area contributed by atoms with Crippen molar-refractivity contribution in [1.29, 1.82) is 0 Å². The molecule has 3 heterocycles. The summed E-state index contributed by atoms with van der Waals surface area (Å²) >= 11 is 3.01. The standard InChI is InChI=1S/C18H22N4O3S2/c1-13-15(6-9-25-13)17-20-21-18(22(17)7-4-8-24-2)27-12-16(23)19-11-14-5-3-10-26-14/h3,5-6,9-10H,4,7-8,11-12H2,1-2H3,(H,19,23). The number of nitrogens with zero attached hydrogens (tertiary/aromatic N) is 3. The van der Waals surface area contributed by atoms with Crippen molar-refractivity contribution >= 4 is 29.0 Å². The van der Waals surface area contributed by atoms with Crippen LogP contribution in [0.15, 0.2) is 39.4 Å². The van der Waals surface area contributed by atoms with Crippen molar-refractivity contribution in [2.75, 3.05) is 19.5 Å². The Labute approximate surface area is 166 Å². The summed E-state index contributed by atoms with van der Waals surface area (Å²) in [5.74, 6) is 1.80. The Morgan fingerprint density at radius 1 is 1.41 bits per heavy atom. The fraction of sp³-hybridized carbons (Fsp3) is 0.389. The molecule has 0 spiro atoms. The van der Waals surface area contributed by atoms with Crippen molar-refractivity contribution in [2.24, 2.45) is 0 Å². The second kappa shape index (κ2) is 9.72. The minimum Gasteiger partial charge on any atom is -0.469 e. The first-order valence-electron chi connectivity index (χ1n) is 8.57. The van der Waals surface area contributed by atoms with Crippen LogP contribution in [0.4, 0.5) is 0 Å². The molecule has 144 valence electrons. The largest absolute Gasteiger partial charge is 0.469 e. The van der Waals surface area contributed by atoms with E-state index in [-0.39, 0.29) is 11.7 Å². The Morgan fingerprint density at radius 2 is 2.30 bits per heavy atom. The third-order valence-corrected chi connectivity index (χ3v) is 5.76. The van der Waals surface area contributed by atoms with Gasteiger partial charge in [0.25, 0.3) is 0 Å². The van der Waals surface area contributed by atoms with Gasteiger partial charge in [-0.1, -0.05) is 17.8 Å². The topological polar surface area (TPSA) is 82.2 Å². The van der Waals surface area contributed by atoms with E-state index in [1.807, 2.05) is 35.1 Å². The minimum atomic E-state index is -0.0270. The van der Waals surface area contributed by atoms with Crippen molar-refractivity contribution in [3.8, 4) is 11.4 Å². The van der Waals surface area contributed by atoms with Gasteiger partial charge in [0, 0.05) is 25.1 Å². The fourth-order valence-electron chi connectivity index (χ4n) is 2.56. The number of carbonyl (C=O) groups is 1. The maximum atomic E-state index is 12.2. The summed E-state index contributed by atoms with van der Waals surface area (Å²) in [4.78, 5) is 13.3. The van der Waals surface area contributed by atoms with Crippen LogP contribution in [0.2, 0.25) is 0 Å². The number of thioether (sulfide) groups is 1. The lowest BCUT2D eigenvalue weighted by molar-refractivity contribution is -0.118. The molecular formula is C18H22N4O3S2. The zero-order valence-electron chi connectivity index (χ0n) is 15.3. The predicted octanol–water partition coefficient (Wildman–Crippen LogP) is 3.35. The van der Waals surface area contributed by atoms with E-state index >= 15 is 0 Å². The highest BCUT2D eigenvalue weighted by molar-refractivity contribution is 7.99. The number of carbonyl (C=O) groups excluding carboxylic acids is 1. The molecule has 1 N–H and O–H groups in total. The predicted molar refractivity (Wildman–Crippen MR) is 106 cm³/mol. The second-order valence-corrected chi connectivity index (χ2v) is 7.81. The molecule has 0 radical (unpaired) electrons. The molecule has 3 rings (SSSR count). The SMILES string of the molecule is COCCCn1c(SCC(=O)NCc2cccs2)nnc1-c1ccoc1C. The van der Waals surface area contributed by atoms with Crippen molar-refractivity contribution in [3.63, 3.8) is 0 Å². The minimum absolute atomic E-state index is 0.0270. The first-order valence-corrected chi connectivity index (χ1v) is 10.4. The first kappa shape index (κ1) is 19.7. The molecule has 0 atom stereocenters. The van der Waals surface area contributed by atoms with Crippen LogP contribution in [-0.4, -0.2) is 40.1 Å². The van der Waals surface area contributed by atoms with Crippen molar-refractivity contribution < 1.29 is 13.9 Å². The highest BCUT2D eigenvalue weighted by Gasteiger charge is 2.18. The first-order chi connectivity index (χ1) is 13.2. The zero-order valence-corrected chi connectivity index (χ0v) is 16.9. The van der Waals surface area contributed by atoms with Gasteiger partial charge >= 0.3 is 0 Å². The van der Waals surface area contributed by atoms with Crippen LogP contribution in [0.25, 0.3) is 11.4 Å². The molecule has 0 saturated carbocycles. The Bertz CT molecular complexity index is 858. The van der Waals surface area contributed by atoms with E-state index in [2.05, 4.69) is 15.5 Å². The summed E-state index contributed by atoms with van der Waals surface area (Å²) in [5, 5.41) is 14.3. The maximum Gasteiger partial charge on any atom is 0.230 e. The molecule has 0 fully saturated rings. The maximum absolute atomic E-state index is 12.2. The summed E-state index contributed by atoms with van der Waals surface area (Å²) in [6, 6.07) is 5.86. The normalized spacial score (nSPS) is 11.0. The number of furan rings is 1. The highest BCUT2D eigenvalue weighted by Crippen LogP contribution is 2.27. The molecule has 3 aromatic heterocycles. The van der Waals surface area contributed by atoms with Crippen LogP contribution in [0.3, 0.4) is 0 Å². The van der Waals surface area contributed by atoms with Gasteiger partial charge in [-0.05, 0) is 30.9 Å². The third kappa shape index (κ3) is 5.21. The highest BCUT2D eigenvalue weighted by atomic mass is 32.2. The van der Waals surface area contributed by atoms with Crippen LogP contribution in [-0.2, 0) is 22.6 Å². The summed E-state index contributed by atoms with van der Waals surface area (Å²) in [6.07, 6.45) is 2.47. The molecule has 0 unspecified atom stereocenters. The lowest BCUT2D eigenvalue weighted by Gasteiger charge is -2.09. The summed E-state index contributed by atoms with van der Waals surface area (Å²) in [6.45, 7) is 3.80. The van der Waals surface area contributed by atoms with E-state index in [0.29, 0.717) is 24.9 Å². The molecule has 0 aliphatic heterocycles. The number of methoxy groups -OCH3 is 1. The van der Waals surface area contributed by atoms with Gasteiger partial charge in [0.05, 0.1) is 24.1 Å². The average molecular weight is 407 g/mol. The smallest absolute Gasteiger partial charge is 0.230 e. The summed E-state index contributed by atoms with van der Waals surface area (Å²) in [5.41, 5.74) is 0.911. The molecule has 0 aliphatic carbocycles. The Balaban J connectivity index is 1.65. The average Bonchev–Trinajstić information content (AvgIpc) is 3.40. The monoisotopic (exact) mass is 406 g/mol. The summed E-state index contributed by atoms with van der Waals surface area (Å²) < 4.78 is 12.6. The molecule has 9 heteroatoms. The second-order valence-electron chi connectivity index (χ2n) is 5.84. The van der Waals surface area contributed by atoms with Gasteiger partial charge in [0.1, 0.15) is 5.76 Å². The molecule has 3 aromatic rings. The van der Waals surface area contributed by atoms with Gasteiger partial charge < -0.3 is 19.0 Å². The fourth-order valence-corrected chi connectivity index (χ4v) is 4.00. The van der Waals surface area contributed by atoms with Gasteiger partial charge in [0.2, 0.25) is 5.91 Å². The molecule has 0 aromatic carbocycles. The quantitative estimate of drug-likeness (QED) is 0.411. The van der Waals surface area contributed by atoms with Gasteiger partial charge in [-0.15, -0.1) is 21.5 Å². The molecular weight excluding hydrogens is 384 g/mol. The van der Waals surface area contributed by atoms with Crippen molar-refractivity contribution in [1.82, 2.24) is 20.1 Å². The number of rotatable bonds is 10. The third-order valence-electron chi connectivity index (χ3n) is 3.92. The number of hydrogen-bond donors (Lipinski definition) is 1. The van der Waals surface area contributed by atoms with Crippen LogP contribution in [0.1, 0.15) is 17.1 Å². The number of amides is 1. The van der Waals surface area contributed by atoms with E-state index in [0.717, 1.165) is 28.4 Å². The molecule has 0 bridgehead atoms. The number of aryl methyl sites for hydroxylation is 1. The summed E-state index contributed by atoms with van der Waals surface area (Å²) in [7, 11) is 1.68. The van der Waals surface area contributed by atoms with E-state index in [4.69, 9.17) is 9.15 Å². The lowest BCUT2D eigenvalue weighted by Crippen LogP contribution is -2.24. The van der Waals surface area contributed by atoms with Crippen LogP contribution in [0, 0.1) is 6.92 Å². The van der Waals surface area contributed by atoms with E-state index in [1.165, 1.54) is 11.8 Å². The van der Waals surface area contributed by atoms with Gasteiger partial charge in [-0.3, -0.25) is 4.79 Å². The molecule has 1 amide bonds. The molecule has 7 nitrogen and oxygen atoms in total. The van der Waals surface area contributed by atoms with Gasteiger partial charge in [0.15, 0.2) is 11.0 Å². The Kier molecular flexibility index (Phi) is 7.08. The number of thiophene rings is 1. The number of aromatic nitrogens is 3. The van der Waals surface area contributed by atoms with E-state index in [9.17, 15) is 4.79 Å². The number of nitrogens with one attached hydrogen (secondary N) is 1. The van der Waals surface area contributed by atoms with Crippen LogP contribution in [0.5, 0.6) is 0 Å². The van der Waals surface area contributed by atoms with Crippen LogP contribution >= 0.6 is 23.1 Å². The van der Waals surface area contributed by atoms with Gasteiger partial charge in [-0.25, -0.2) is 0 Å². The van der Waals surface area contributed by atoms with Crippen molar-refractivity contribution in [2.45, 2.75) is 31.6 Å². The molecule has 0 saturated heterocycles.